The first kappa shape index (κ1) is 12.8. The number of hydrogen-bond acceptors (Lipinski definition) is 3. The molecule has 1 saturated carbocycles. The summed E-state index contributed by atoms with van der Waals surface area (Å²) in [7, 11) is 1.71. The molecule has 0 unspecified atom stereocenters. The number of rotatable bonds is 4. The van der Waals surface area contributed by atoms with Crippen LogP contribution < -0.4 is 5.32 Å². The molecule has 0 aromatic heterocycles. The second-order valence-corrected chi connectivity index (χ2v) is 6.05. The molecule has 0 aromatic carbocycles. The van der Waals surface area contributed by atoms with Gasteiger partial charge in [-0.05, 0) is 33.1 Å². The normalized spacial score (nSPS) is 26.1. The highest BCUT2D eigenvalue weighted by atomic mass is 16.5. The van der Waals surface area contributed by atoms with E-state index in [1.807, 2.05) is 18.7 Å². The van der Waals surface area contributed by atoms with Crippen molar-refractivity contribution in [2.45, 2.75) is 38.6 Å². The Morgan fingerprint density at radius 1 is 1.41 bits per heavy atom. The van der Waals surface area contributed by atoms with Gasteiger partial charge in [0.25, 0.3) is 0 Å². The predicted octanol–water partition coefficient (Wildman–Crippen LogP) is 1.01. The molecule has 1 spiro atoms. The molecule has 0 radical (unpaired) electrons. The molecule has 4 heteroatoms. The first-order valence-electron chi connectivity index (χ1n) is 6.52. The minimum Gasteiger partial charge on any atom is -0.385 e. The number of hydrogen-bond donors (Lipinski definition) is 1. The molecule has 2 rings (SSSR count). The van der Waals surface area contributed by atoms with Crippen molar-refractivity contribution in [3.63, 3.8) is 0 Å². The van der Waals surface area contributed by atoms with E-state index in [0.29, 0.717) is 5.41 Å². The van der Waals surface area contributed by atoms with Crippen molar-refractivity contribution < 1.29 is 9.53 Å². The Hall–Kier alpha value is -0.610. The van der Waals surface area contributed by atoms with Gasteiger partial charge in [0.2, 0.25) is 5.91 Å². The van der Waals surface area contributed by atoms with E-state index in [2.05, 4.69) is 5.32 Å². The van der Waals surface area contributed by atoms with Gasteiger partial charge in [0.1, 0.15) is 0 Å². The molecule has 1 aliphatic heterocycles. The molecule has 0 bridgehead atoms. The monoisotopic (exact) mass is 240 g/mol. The van der Waals surface area contributed by atoms with Crippen LogP contribution >= 0.6 is 0 Å². The number of carbonyl (C=O) groups is 1. The average Bonchev–Trinajstić information content (AvgIpc) is 3.05. The standard InChI is InChI=1S/C13H24N2O2/c1-12(2)11(16)15(7-4-8-17-3)10-13(5-6-13)9-14-12/h14H,4-10H2,1-3H3. The lowest BCUT2D eigenvalue weighted by molar-refractivity contribution is -0.136. The van der Waals surface area contributed by atoms with Crippen molar-refractivity contribution in [1.29, 1.82) is 0 Å². The molecule has 2 fully saturated rings. The first-order valence-corrected chi connectivity index (χ1v) is 6.52. The zero-order valence-electron chi connectivity index (χ0n) is 11.2. The molecule has 1 aliphatic carbocycles. The summed E-state index contributed by atoms with van der Waals surface area (Å²) in [4.78, 5) is 14.4. The van der Waals surface area contributed by atoms with Gasteiger partial charge in [-0.2, -0.15) is 0 Å². The van der Waals surface area contributed by atoms with Crippen LogP contribution in [-0.4, -0.2) is 49.7 Å². The van der Waals surface area contributed by atoms with Gasteiger partial charge in [0.15, 0.2) is 0 Å². The van der Waals surface area contributed by atoms with Gasteiger partial charge in [-0.1, -0.05) is 0 Å². The summed E-state index contributed by atoms with van der Waals surface area (Å²) in [6, 6.07) is 0. The Morgan fingerprint density at radius 3 is 2.71 bits per heavy atom. The van der Waals surface area contributed by atoms with E-state index in [4.69, 9.17) is 4.74 Å². The maximum atomic E-state index is 12.4. The molecule has 2 aliphatic rings. The van der Waals surface area contributed by atoms with Crippen LogP contribution in [0.25, 0.3) is 0 Å². The van der Waals surface area contributed by atoms with Crippen LogP contribution in [0.3, 0.4) is 0 Å². The average molecular weight is 240 g/mol. The highest BCUT2D eigenvalue weighted by molar-refractivity contribution is 5.86. The second-order valence-electron chi connectivity index (χ2n) is 6.05. The third-order valence-corrected chi connectivity index (χ3v) is 3.99. The molecule has 17 heavy (non-hydrogen) atoms. The zero-order valence-corrected chi connectivity index (χ0v) is 11.2. The van der Waals surface area contributed by atoms with Gasteiger partial charge in [0, 0.05) is 38.8 Å². The molecule has 0 aromatic rings. The second kappa shape index (κ2) is 4.58. The molecule has 0 atom stereocenters. The molecule has 1 saturated heterocycles. The third kappa shape index (κ3) is 2.80. The molecule has 1 heterocycles. The van der Waals surface area contributed by atoms with Crippen LogP contribution in [0.4, 0.5) is 0 Å². The van der Waals surface area contributed by atoms with E-state index in [1.54, 1.807) is 7.11 Å². The van der Waals surface area contributed by atoms with Crippen LogP contribution in [0, 0.1) is 5.41 Å². The lowest BCUT2D eigenvalue weighted by Gasteiger charge is -2.29. The van der Waals surface area contributed by atoms with Crippen LogP contribution in [-0.2, 0) is 9.53 Å². The van der Waals surface area contributed by atoms with Crippen molar-refractivity contribution in [2.75, 3.05) is 33.4 Å². The van der Waals surface area contributed by atoms with Crippen LogP contribution in [0.5, 0.6) is 0 Å². The lowest BCUT2D eigenvalue weighted by Crippen LogP contribution is -2.51. The Bertz CT molecular complexity index is 298. The number of nitrogens with zero attached hydrogens (tertiary/aromatic N) is 1. The summed E-state index contributed by atoms with van der Waals surface area (Å²) < 4.78 is 5.07. The summed E-state index contributed by atoms with van der Waals surface area (Å²) in [5.41, 5.74) is -0.0460. The number of nitrogens with one attached hydrogen (secondary N) is 1. The fourth-order valence-corrected chi connectivity index (χ4v) is 2.50. The smallest absolute Gasteiger partial charge is 0.242 e. The number of methoxy groups -OCH3 is 1. The van der Waals surface area contributed by atoms with E-state index in [9.17, 15) is 4.79 Å². The van der Waals surface area contributed by atoms with Gasteiger partial charge < -0.3 is 15.0 Å². The number of ether oxygens (including phenoxy) is 1. The molecular weight excluding hydrogens is 216 g/mol. The maximum Gasteiger partial charge on any atom is 0.242 e. The Kier molecular flexibility index (Phi) is 3.46. The molecule has 98 valence electrons. The van der Waals surface area contributed by atoms with Gasteiger partial charge in [-0.3, -0.25) is 4.79 Å². The van der Waals surface area contributed by atoms with Crippen molar-refractivity contribution in [3.8, 4) is 0 Å². The van der Waals surface area contributed by atoms with Gasteiger partial charge in [-0.25, -0.2) is 0 Å². The van der Waals surface area contributed by atoms with Crippen molar-refractivity contribution >= 4 is 5.91 Å². The van der Waals surface area contributed by atoms with Crippen LogP contribution in [0.2, 0.25) is 0 Å². The first-order chi connectivity index (χ1) is 7.99. The zero-order chi connectivity index (χ0) is 12.5. The Balaban J connectivity index is 2.02. The lowest BCUT2D eigenvalue weighted by atomic mass is 10.0. The molecule has 1 amide bonds. The van der Waals surface area contributed by atoms with E-state index in [-0.39, 0.29) is 5.91 Å². The maximum absolute atomic E-state index is 12.4. The Labute approximate surface area is 104 Å². The van der Waals surface area contributed by atoms with Crippen molar-refractivity contribution in [3.05, 3.63) is 0 Å². The highest BCUT2D eigenvalue weighted by Gasteiger charge is 2.49. The molecule has 4 nitrogen and oxygen atoms in total. The predicted molar refractivity (Wildman–Crippen MR) is 66.8 cm³/mol. The van der Waals surface area contributed by atoms with E-state index in [1.165, 1.54) is 12.8 Å². The van der Waals surface area contributed by atoms with Crippen molar-refractivity contribution in [2.24, 2.45) is 5.41 Å². The summed E-state index contributed by atoms with van der Waals surface area (Å²) in [6.45, 7) is 7.42. The molecular formula is C13H24N2O2. The SMILES string of the molecule is COCCCN1CC2(CC2)CNC(C)(C)C1=O. The van der Waals surface area contributed by atoms with Crippen LogP contribution in [0.15, 0.2) is 0 Å². The Morgan fingerprint density at radius 2 is 2.12 bits per heavy atom. The van der Waals surface area contributed by atoms with Crippen molar-refractivity contribution in [1.82, 2.24) is 10.2 Å². The fraction of sp³-hybridized carbons (Fsp3) is 0.923. The van der Waals surface area contributed by atoms with E-state index < -0.39 is 5.54 Å². The highest BCUT2D eigenvalue weighted by Crippen LogP contribution is 2.47. The summed E-state index contributed by atoms with van der Waals surface area (Å²) in [5, 5.41) is 3.42. The minimum absolute atomic E-state index is 0.234. The fourth-order valence-electron chi connectivity index (χ4n) is 2.50. The van der Waals surface area contributed by atoms with Gasteiger partial charge in [-0.15, -0.1) is 0 Å². The topological polar surface area (TPSA) is 41.6 Å². The number of carbonyl (C=O) groups excluding carboxylic acids is 1. The van der Waals surface area contributed by atoms with Gasteiger partial charge >= 0.3 is 0 Å². The summed E-state index contributed by atoms with van der Waals surface area (Å²) in [6.07, 6.45) is 3.43. The van der Waals surface area contributed by atoms with E-state index in [0.717, 1.165) is 32.7 Å². The minimum atomic E-state index is -0.417. The van der Waals surface area contributed by atoms with Crippen LogP contribution in [0.1, 0.15) is 33.1 Å². The van der Waals surface area contributed by atoms with E-state index >= 15 is 0 Å². The van der Waals surface area contributed by atoms with Gasteiger partial charge in [0.05, 0.1) is 5.54 Å². The molecule has 1 N–H and O–H groups in total. The quantitative estimate of drug-likeness (QED) is 0.746. The number of amides is 1. The third-order valence-electron chi connectivity index (χ3n) is 3.99. The summed E-state index contributed by atoms with van der Waals surface area (Å²) in [5.74, 6) is 0.234. The summed E-state index contributed by atoms with van der Waals surface area (Å²) >= 11 is 0. The largest absolute Gasteiger partial charge is 0.385 e.